The van der Waals surface area contributed by atoms with Gasteiger partial charge in [-0.1, -0.05) is 0 Å². The lowest BCUT2D eigenvalue weighted by atomic mass is 10.3. The van der Waals surface area contributed by atoms with Crippen LogP contribution in [0.5, 0.6) is 0 Å². The normalized spacial score (nSPS) is 26.6. The van der Waals surface area contributed by atoms with Crippen LogP contribution in [-0.4, -0.2) is 12.0 Å². The molecule has 8 heavy (non-hydrogen) atoms. The van der Waals surface area contributed by atoms with Crippen LogP contribution in [-0.2, 0) is 0 Å². The molecule has 1 heterocycles. The molecule has 0 spiro atoms. The van der Waals surface area contributed by atoms with Crippen molar-refractivity contribution in [3.63, 3.8) is 0 Å². The fraction of sp³-hybridized carbons (Fsp3) is 0.400. The summed E-state index contributed by atoms with van der Waals surface area (Å²) in [6.07, 6.45) is 3.74. The number of aliphatic imine (C=N–C) groups is 1. The highest BCUT2D eigenvalue weighted by Crippen LogP contribution is 1.93. The summed E-state index contributed by atoms with van der Waals surface area (Å²) in [6.45, 7) is 1.98. The second kappa shape index (κ2) is 1.86. The Morgan fingerprint density at radius 1 is 1.88 bits per heavy atom. The van der Waals surface area contributed by atoms with Gasteiger partial charge in [0.15, 0.2) is 5.96 Å². The molecule has 0 aliphatic carbocycles. The van der Waals surface area contributed by atoms with Crippen molar-refractivity contribution >= 4 is 5.96 Å². The number of hydrogen-bond acceptors (Lipinski definition) is 3. The van der Waals surface area contributed by atoms with Crippen LogP contribution in [0.1, 0.15) is 6.92 Å². The maximum atomic E-state index is 5.31. The van der Waals surface area contributed by atoms with Crippen molar-refractivity contribution in [2.45, 2.75) is 13.0 Å². The molecular formula is C5H9N3. The van der Waals surface area contributed by atoms with E-state index in [-0.39, 0.29) is 6.04 Å². The van der Waals surface area contributed by atoms with Gasteiger partial charge in [0.1, 0.15) is 0 Å². The van der Waals surface area contributed by atoms with Crippen LogP contribution < -0.4 is 11.1 Å². The number of hydrogen-bond donors (Lipinski definition) is 2. The van der Waals surface area contributed by atoms with Crippen molar-refractivity contribution in [3.05, 3.63) is 12.3 Å². The van der Waals surface area contributed by atoms with Crippen LogP contribution in [0.4, 0.5) is 0 Å². The van der Waals surface area contributed by atoms with Gasteiger partial charge in [0.05, 0.1) is 6.04 Å². The van der Waals surface area contributed by atoms with E-state index in [0.717, 1.165) is 0 Å². The zero-order chi connectivity index (χ0) is 5.98. The zero-order valence-corrected chi connectivity index (χ0v) is 4.76. The Morgan fingerprint density at radius 2 is 2.62 bits per heavy atom. The van der Waals surface area contributed by atoms with Crippen molar-refractivity contribution < 1.29 is 0 Å². The standard InChI is InChI=1S/C5H9N3/c1-4-2-3-7-5(6)8-4/h2-4H,1H3,(H3,6,7,8). The maximum absolute atomic E-state index is 5.31. The minimum Gasteiger partial charge on any atom is -0.370 e. The minimum absolute atomic E-state index is 0.233. The van der Waals surface area contributed by atoms with Crippen LogP contribution in [0.3, 0.4) is 0 Å². The summed E-state index contributed by atoms with van der Waals surface area (Å²) in [5, 5.41) is 2.76. The molecule has 0 aromatic heterocycles. The Labute approximate surface area is 48.3 Å². The number of nitrogens with one attached hydrogen (secondary N) is 1. The summed E-state index contributed by atoms with van der Waals surface area (Å²) in [5.74, 6) is 0.500. The number of nitrogens with zero attached hydrogens (tertiary/aromatic N) is 1. The topological polar surface area (TPSA) is 50.4 Å². The van der Waals surface area contributed by atoms with Crippen LogP contribution in [0.2, 0.25) is 0 Å². The summed E-state index contributed by atoms with van der Waals surface area (Å²) >= 11 is 0. The third-order valence-corrected chi connectivity index (χ3v) is 0.949. The number of guanidine groups is 1. The largest absolute Gasteiger partial charge is 0.370 e. The molecule has 1 aliphatic rings. The van der Waals surface area contributed by atoms with Crippen LogP contribution in [0, 0.1) is 0 Å². The molecular weight excluding hydrogens is 102 g/mol. The molecule has 0 aromatic rings. The third-order valence-electron chi connectivity index (χ3n) is 0.949. The molecule has 0 saturated carbocycles. The lowest BCUT2D eigenvalue weighted by molar-refractivity contribution is 0.878. The van der Waals surface area contributed by atoms with E-state index in [0.29, 0.717) is 5.96 Å². The fourth-order valence-corrected chi connectivity index (χ4v) is 0.572. The first-order valence-electron chi connectivity index (χ1n) is 2.55. The van der Waals surface area contributed by atoms with E-state index < -0.39 is 0 Å². The quantitative estimate of drug-likeness (QED) is 0.455. The van der Waals surface area contributed by atoms with Gasteiger partial charge in [-0.2, -0.15) is 0 Å². The van der Waals surface area contributed by atoms with Crippen molar-refractivity contribution in [1.82, 2.24) is 5.32 Å². The molecule has 0 amide bonds. The molecule has 0 saturated heterocycles. The average molecular weight is 111 g/mol. The highest BCUT2D eigenvalue weighted by atomic mass is 15.1. The number of rotatable bonds is 0. The second-order valence-corrected chi connectivity index (χ2v) is 1.76. The van der Waals surface area contributed by atoms with Gasteiger partial charge in [0.2, 0.25) is 0 Å². The van der Waals surface area contributed by atoms with Crippen molar-refractivity contribution in [2.24, 2.45) is 10.7 Å². The Balaban J connectivity index is 2.60. The van der Waals surface area contributed by atoms with Crippen molar-refractivity contribution in [1.29, 1.82) is 0 Å². The third kappa shape index (κ3) is 0.992. The zero-order valence-electron chi connectivity index (χ0n) is 4.76. The minimum atomic E-state index is 0.233. The van der Waals surface area contributed by atoms with Gasteiger partial charge in [0, 0.05) is 6.20 Å². The summed E-state index contributed by atoms with van der Waals surface area (Å²) in [6, 6.07) is 0.233. The Morgan fingerprint density at radius 3 is 3.00 bits per heavy atom. The first-order valence-corrected chi connectivity index (χ1v) is 2.55. The lowest BCUT2D eigenvalue weighted by Crippen LogP contribution is -2.31. The van der Waals surface area contributed by atoms with Gasteiger partial charge in [-0.3, -0.25) is 0 Å². The molecule has 3 nitrogen and oxygen atoms in total. The Hall–Kier alpha value is -0.990. The van der Waals surface area contributed by atoms with Gasteiger partial charge in [-0.15, -0.1) is 0 Å². The average Bonchev–Trinajstić information content (AvgIpc) is 1.64. The van der Waals surface area contributed by atoms with Crippen LogP contribution in [0.15, 0.2) is 17.3 Å². The molecule has 0 radical (unpaired) electrons. The molecule has 0 fully saturated rings. The van der Waals surface area contributed by atoms with Gasteiger partial charge < -0.3 is 11.1 Å². The Kier molecular flexibility index (Phi) is 1.20. The first kappa shape index (κ1) is 5.15. The molecule has 3 N–H and O–H groups in total. The molecule has 1 unspecified atom stereocenters. The molecule has 1 atom stereocenters. The first-order chi connectivity index (χ1) is 3.79. The molecule has 3 heteroatoms. The Bertz CT molecular complexity index is 137. The summed E-state index contributed by atoms with van der Waals surface area (Å²) in [5.41, 5.74) is 5.31. The lowest BCUT2D eigenvalue weighted by Gasteiger charge is -2.07. The van der Waals surface area contributed by atoms with Crippen LogP contribution >= 0.6 is 0 Å². The van der Waals surface area contributed by atoms with E-state index in [1.54, 1.807) is 6.20 Å². The van der Waals surface area contributed by atoms with E-state index in [4.69, 9.17) is 5.73 Å². The van der Waals surface area contributed by atoms with Gasteiger partial charge in [-0.25, -0.2) is 4.99 Å². The van der Waals surface area contributed by atoms with E-state index in [1.165, 1.54) is 0 Å². The molecule has 0 aromatic carbocycles. The van der Waals surface area contributed by atoms with Gasteiger partial charge >= 0.3 is 0 Å². The summed E-state index contributed by atoms with van der Waals surface area (Å²) in [7, 11) is 0. The molecule has 1 rings (SSSR count). The highest BCUT2D eigenvalue weighted by Gasteiger charge is 1.97. The second-order valence-electron chi connectivity index (χ2n) is 1.76. The highest BCUT2D eigenvalue weighted by molar-refractivity contribution is 5.79. The predicted octanol–water partition coefficient (Wildman–Crippen LogP) is -0.193. The van der Waals surface area contributed by atoms with E-state index >= 15 is 0 Å². The molecule has 0 bridgehead atoms. The van der Waals surface area contributed by atoms with Crippen molar-refractivity contribution in [2.75, 3.05) is 0 Å². The molecule has 44 valence electrons. The molecule has 1 aliphatic heterocycles. The van der Waals surface area contributed by atoms with Gasteiger partial charge in [-0.05, 0) is 13.0 Å². The fourth-order valence-electron chi connectivity index (χ4n) is 0.572. The van der Waals surface area contributed by atoms with E-state index in [2.05, 4.69) is 10.3 Å². The summed E-state index contributed by atoms with van der Waals surface area (Å²) in [4.78, 5) is 3.98. The van der Waals surface area contributed by atoms with E-state index in [1.807, 2.05) is 13.0 Å². The van der Waals surface area contributed by atoms with E-state index in [9.17, 15) is 0 Å². The van der Waals surface area contributed by atoms with Crippen LogP contribution in [0.25, 0.3) is 0 Å². The number of nitrogens with two attached hydrogens (primary N) is 1. The smallest absolute Gasteiger partial charge is 0.193 e. The monoisotopic (exact) mass is 111 g/mol. The van der Waals surface area contributed by atoms with Crippen molar-refractivity contribution in [3.8, 4) is 0 Å². The van der Waals surface area contributed by atoms with Gasteiger partial charge in [0.25, 0.3) is 0 Å². The predicted molar refractivity (Wildman–Crippen MR) is 33.4 cm³/mol. The summed E-state index contributed by atoms with van der Waals surface area (Å²) < 4.78 is 0. The maximum Gasteiger partial charge on any atom is 0.193 e. The SMILES string of the molecule is CC1C=CNC(N)=N1.